The molecule has 1 aliphatic carbocycles. The minimum Gasteiger partial charge on any atom is -0.352 e. The zero-order valence-electron chi connectivity index (χ0n) is 26.3. The SMILES string of the molecule is O=C(NC1CCCCC1)[C@@H](Cc1ccccc1)N(Cc1ccccc1F)C(=O)CN(c1cccc([N+](=O)[O-])c1)S(=O)(=O)c1ccccc1. The monoisotopic (exact) mass is 672 g/mol. The molecule has 10 nitrogen and oxygen atoms in total. The maximum atomic E-state index is 15.1. The van der Waals surface area contributed by atoms with E-state index in [1.165, 1.54) is 65.6 Å². The van der Waals surface area contributed by atoms with E-state index in [4.69, 9.17) is 0 Å². The first-order valence-electron chi connectivity index (χ1n) is 15.8. The first-order valence-corrected chi connectivity index (χ1v) is 17.3. The van der Waals surface area contributed by atoms with E-state index in [0.717, 1.165) is 48.0 Å². The van der Waals surface area contributed by atoms with E-state index in [-0.39, 0.29) is 40.8 Å². The lowest BCUT2D eigenvalue weighted by atomic mass is 9.94. The largest absolute Gasteiger partial charge is 0.352 e. The van der Waals surface area contributed by atoms with Gasteiger partial charge in [0.1, 0.15) is 18.4 Å². The fourth-order valence-corrected chi connectivity index (χ4v) is 7.35. The molecule has 4 aromatic rings. The minimum atomic E-state index is -4.45. The summed E-state index contributed by atoms with van der Waals surface area (Å²) in [6.07, 6.45) is 4.66. The molecule has 12 heteroatoms. The Morgan fingerprint density at radius 3 is 2.19 bits per heavy atom. The Kier molecular flexibility index (Phi) is 11.2. The van der Waals surface area contributed by atoms with Crippen LogP contribution in [0.15, 0.2) is 114 Å². The summed E-state index contributed by atoms with van der Waals surface area (Å²) in [6.45, 7) is -1.13. The van der Waals surface area contributed by atoms with Gasteiger partial charge in [-0.2, -0.15) is 0 Å². The Bertz CT molecular complexity index is 1840. The van der Waals surface area contributed by atoms with Gasteiger partial charge in [0.2, 0.25) is 11.8 Å². The highest BCUT2D eigenvalue weighted by molar-refractivity contribution is 7.92. The second kappa shape index (κ2) is 15.7. The second-order valence-electron chi connectivity index (χ2n) is 11.8. The summed E-state index contributed by atoms with van der Waals surface area (Å²) in [6, 6.07) is 26.1. The molecule has 4 aromatic carbocycles. The summed E-state index contributed by atoms with van der Waals surface area (Å²) in [5, 5.41) is 14.7. The molecule has 1 fully saturated rings. The number of hydrogen-bond acceptors (Lipinski definition) is 6. The number of nitro benzene ring substituents is 1. The first-order chi connectivity index (χ1) is 23.1. The molecule has 0 aliphatic heterocycles. The third-order valence-electron chi connectivity index (χ3n) is 8.46. The number of non-ortho nitro benzene ring substituents is 1. The molecule has 5 rings (SSSR count). The van der Waals surface area contributed by atoms with Crippen molar-refractivity contribution in [2.45, 2.75) is 62.0 Å². The Balaban J connectivity index is 1.59. The molecular weight excluding hydrogens is 635 g/mol. The van der Waals surface area contributed by atoms with Crippen LogP contribution in [0.2, 0.25) is 0 Å². The van der Waals surface area contributed by atoms with Crippen molar-refractivity contribution >= 4 is 33.2 Å². The molecule has 1 atom stereocenters. The lowest BCUT2D eigenvalue weighted by Gasteiger charge is -2.35. The average molecular weight is 673 g/mol. The molecule has 0 aromatic heterocycles. The van der Waals surface area contributed by atoms with Crippen LogP contribution >= 0.6 is 0 Å². The normalized spacial score (nSPS) is 14.1. The van der Waals surface area contributed by atoms with E-state index < -0.39 is 45.2 Å². The standard InChI is InChI=1S/C36H37FN4O6S/c37-33-22-11-10-15-28(33)25-39(34(23-27-13-4-1-5-14-27)36(43)38-29-16-6-2-7-17-29)35(42)26-40(30-18-12-19-31(24-30)41(44)45)48(46,47)32-20-8-3-9-21-32/h1,3-5,8-15,18-22,24,29,34H,2,6-7,16-17,23,25-26H2,(H,38,43)/t34-/m1/s1. The summed E-state index contributed by atoms with van der Waals surface area (Å²) in [4.78, 5) is 40.7. The van der Waals surface area contributed by atoms with Crippen molar-refractivity contribution in [3.05, 3.63) is 136 Å². The molecule has 1 N–H and O–H groups in total. The van der Waals surface area contributed by atoms with Crippen molar-refractivity contribution in [1.29, 1.82) is 0 Å². The summed E-state index contributed by atoms with van der Waals surface area (Å²) < 4.78 is 44.1. The number of rotatable bonds is 13. The highest BCUT2D eigenvalue weighted by atomic mass is 32.2. The topological polar surface area (TPSA) is 130 Å². The smallest absolute Gasteiger partial charge is 0.271 e. The van der Waals surface area contributed by atoms with Crippen LogP contribution in [0.4, 0.5) is 15.8 Å². The summed E-state index contributed by atoms with van der Waals surface area (Å²) in [5.41, 5.74) is 0.408. The molecule has 0 spiro atoms. The Hall–Kier alpha value is -5.10. The number of nitrogens with one attached hydrogen (secondary N) is 1. The second-order valence-corrected chi connectivity index (χ2v) is 13.6. The molecule has 1 saturated carbocycles. The summed E-state index contributed by atoms with van der Waals surface area (Å²) in [5.74, 6) is -1.80. The Labute approximate surface area is 279 Å². The van der Waals surface area contributed by atoms with Gasteiger partial charge in [-0.15, -0.1) is 0 Å². The first kappa shape index (κ1) is 34.2. The number of benzene rings is 4. The van der Waals surface area contributed by atoms with Crippen molar-refractivity contribution in [2.75, 3.05) is 10.8 Å². The van der Waals surface area contributed by atoms with E-state index >= 15 is 4.39 Å². The number of carbonyl (C=O) groups is 2. The van der Waals surface area contributed by atoms with Crippen LogP contribution in [0, 0.1) is 15.9 Å². The highest BCUT2D eigenvalue weighted by Crippen LogP contribution is 2.28. The van der Waals surface area contributed by atoms with Crippen LogP contribution in [0.25, 0.3) is 0 Å². The molecule has 0 bridgehead atoms. The third-order valence-corrected chi connectivity index (χ3v) is 10.2. The van der Waals surface area contributed by atoms with Crippen molar-refractivity contribution in [1.82, 2.24) is 10.2 Å². The number of nitro groups is 1. The van der Waals surface area contributed by atoms with Gasteiger partial charge in [-0.3, -0.25) is 24.0 Å². The van der Waals surface area contributed by atoms with Crippen molar-refractivity contribution < 1.29 is 27.3 Å². The fourth-order valence-electron chi connectivity index (χ4n) is 5.92. The predicted octanol–water partition coefficient (Wildman–Crippen LogP) is 6.02. The molecule has 0 radical (unpaired) electrons. The Morgan fingerprint density at radius 1 is 0.875 bits per heavy atom. The van der Waals surface area contributed by atoms with Crippen molar-refractivity contribution in [3.63, 3.8) is 0 Å². The number of hydrogen-bond donors (Lipinski definition) is 1. The highest BCUT2D eigenvalue weighted by Gasteiger charge is 2.36. The number of nitrogens with zero attached hydrogens (tertiary/aromatic N) is 3. The quantitative estimate of drug-likeness (QED) is 0.137. The van der Waals surface area contributed by atoms with Gasteiger partial charge in [-0.25, -0.2) is 12.8 Å². The van der Waals surface area contributed by atoms with E-state index in [2.05, 4.69) is 5.32 Å². The molecular formula is C36H37FN4O6S. The molecule has 0 unspecified atom stereocenters. The van der Waals surface area contributed by atoms with Gasteiger partial charge < -0.3 is 10.2 Å². The van der Waals surface area contributed by atoms with Crippen LogP contribution in [-0.4, -0.2) is 48.7 Å². The molecule has 2 amide bonds. The Morgan fingerprint density at radius 2 is 1.52 bits per heavy atom. The van der Waals surface area contributed by atoms with Gasteiger partial charge in [0.25, 0.3) is 15.7 Å². The number of halogens is 1. The number of carbonyl (C=O) groups excluding carboxylic acids is 2. The predicted molar refractivity (Wildman–Crippen MR) is 180 cm³/mol. The third kappa shape index (κ3) is 8.43. The van der Waals surface area contributed by atoms with Gasteiger partial charge in [0, 0.05) is 36.7 Å². The zero-order chi connectivity index (χ0) is 34.1. The van der Waals surface area contributed by atoms with E-state index in [0.29, 0.717) is 0 Å². The van der Waals surface area contributed by atoms with E-state index in [1.54, 1.807) is 12.1 Å². The van der Waals surface area contributed by atoms with Crippen LogP contribution in [0.1, 0.15) is 43.2 Å². The minimum absolute atomic E-state index is 0.0851. The van der Waals surface area contributed by atoms with Gasteiger partial charge in [0.05, 0.1) is 15.5 Å². The molecule has 48 heavy (non-hydrogen) atoms. The maximum absolute atomic E-state index is 15.1. The molecule has 0 saturated heterocycles. The lowest BCUT2D eigenvalue weighted by molar-refractivity contribution is -0.384. The molecule has 250 valence electrons. The van der Waals surface area contributed by atoms with E-state index in [9.17, 15) is 28.1 Å². The number of amides is 2. The maximum Gasteiger partial charge on any atom is 0.271 e. The average Bonchev–Trinajstić information content (AvgIpc) is 3.10. The van der Waals surface area contributed by atoms with Gasteiger partial charge in [0.15, 0.2) is 0 Å². The summed E-state index contributed by atoms with van der Waals surface area (Å²) in [7, 11) is -4.45. The van der Waals surface area contributed by atoms with Crippen LogP contribution in [0.5, 0.6) is 0 Å². The van der Waals surface area contributed by atoms with Crippen LogP contribution in [0.3, 0.4) is 0 Å². The van der Waals surface area contributed by atoms with Gasteiger partial charge in [-0.05, 0) is 42.7 Å². The number of anilines is 1. The summed E-state index contributed by atoms with van der Waals surface area (Å²) >= 11 is 0. The van der Waals surface area contributed by atoms with Gasteiger partial charge in [-0.1, -0.05) is 92.1 Å². The number of sulfonamides is 1. The molecule has 0 heterocycles. The van der Waals surface area contributed by atoms with Crippen molar-refractivity contribution in [2.24, 2.45) is 0 Å². The zero-order valence-corrected chi connectivity index (χ0v) is 27.1. The molecule has 1 aliphatic rings. The fraction of sp³-hybridized carbons (Fsp3) is 0.278. The van der Waals surface area contributed by atoms with Crippen LogP contribution < -0.4 is 9.62 Å². The van der Waals surface area contributed by atoms with Crippen LogP contribution in [-0.2, 0) is 32.6 Å². The van der Waals surface area contributed by atoms with Crippen molar-refractivity contribution in [3.8, 4) is 0 Å². The van der Waals surface area contributed by atoms with E-state index in [1.807, 2.05) is 30.3 Å². The van der Waals surface area contributed by atoms with Gasteiger partial charge >= 0.3 is 0 Å². The lowest BCUT2D eigenvalue weighted by Crippen LogP contribution is -2.55.